The first-order valence-electron chi connectivity index (χ1n) is 14.8. The van der Waals surface area contributed by atoms with Gasteiger partial charge >= 0.3 is 6.18 Å². The van der Waals surface area contributed by atoms with Crippen molar-refractivity contribution < 1.29 is 35.9 Å². The molecule has 2 amide bonds. The molecular weight excluding hydrogens is 645 g/mol. The van der Waals surface area contributed by atoms with Gasteiger partial charge in [-0.3, -0.25) is 14.5 Å². The number of ether oxygens (including phenoxy) is 1. The van der Waals surface area contributed by atoms with Crippen LogP contribution in [0.4, 0.5) is 24.5 Å². The second-order valence-corrected chi connectivity index (χ2v) is 13.2. The first-order chi connectivity index (χ1) is 22.3. The van der Waals surface area contributed by atoms with Gasteiger partial charge in [-0.1, -0.05) is 5.21 Å². The quantitative estimate of drug-likeness (QED) is 0.291. The van der Waals surface area contributed by atoms with Gasteiger partial charge in [0, 0.05) is 52.1 Å². The van der Waals surface area contributed by atoms with E-state index in [2.05, 4.69) is 40.9 Å². The number of nitrogens with zero attached hydrogens (tertiary/aromatic N) is 8. The van der Waals surface area contributed by atoms with Crippen molar-refractivity contribution in [2.24, 2.45) is 0 Å². The lowest BCUT2D eigenvalue weighted by Gasteiger charge is -2.35. The molecule has 2 aliphatic heterocycles. The Hall–Kier alpha value is -4.20. The van der Waals surface area contributed by atoms with Crippen LogP contribution in [0.1, 0.15) is 33.0 Å². The minimum atomic E-state index is -5.09. The van der Waals surface area contributed by atoms with Crippen molar-refractivity contribution in [2.75, 3.05) is 89.1 Å². The third-order valence-electron chi connectivity index (χ3n) is 7.78. The molecule has 5 rings (SSSR count). The van der Waals surface area contributed by atoms with Gasteiger partial charge in [0.2, 0.25) is 0 Å². The van der Waals surface area contributed by atoms with Crippen LogP contribution >= 0.6 is 0 Å². The maximum Gasteiger partial charge on any atom is 0.418 e. The predicted molar refractivity (Wildman–Crippen MR) is 163 cm³/mol. The largest absolute Gasteiger partial charge is 0.418 e. The van der Waals surface area contributed by atoms with E-state index < -0.39 is 44.1 Å². The molecule has 47 heavy (non-hydrogen) atoms. The zero-order chi connectivity index (χ0) is 33.8. The zero-order valence-corrected chi connectivity index (χ0v) is 26.6. The van der Waals surface area contributed by atoms with Crippen LogP contribution in [0.25, 0.3) is 5.69 Å². The summed E-state index contributed by atoms with van der Waals surface area (Å²) in [7, 11) is -2.17. The number of anilines is 2. The SMILES string of the molecule is CN1CCN(c2ccc(-n3cc(C(=O)NCCCN4CCOCC4)nn3)cc2NC(=O)c2nnc(S(C)(=O)=O)cc2C(F)(F)F)CC1. The molecule has 0 unspecified atom stereocenters. The first-order valence-corrected chi connectivity index (χ1v) is 16.7. The first kappa shape index (κ1) is 34.1. The van der Waals surface area contributed by atoms with Gasteiger partial charge in [0.15, 0.2) is 26.3 Å². The maximum absolute atomic E-state index is 13.9. The molecule has 3 aromatic rings. The Morgan fingerprint density at radius 3 is 2.38 bits per heavy atom. The average Bonchev–Trinajstić information content (AvgIpc) is 3.54. The van der Waals surface area contributed by atoms with Gasteiger partial charge in [-0.15, -0.1) is 15.3 Å². The van der Waals surface area contributed by atoms with Crippen LogP contribution in [-0.2, 0) is 20.8 Å². The van der Waals surface area contributed by atoms with Crippen LogP contribution < -0.4 is 15.5 Å². The fraction of sp³-hybridized carbons (Fsp3) is 0.500. The van der Waals surface area contributed by atoms with E-state index >= 15 is 0 Å². The highest BCUT2D eigenvalue weighted by atomic mass is 32.2. The molecule has 0 atom stereocenters. The Balaban J connectivity index is 1.37. The summed E-state index contributed by atoms with van der Waals surface area (Å²) in [5.74, 6) is -1.66. The van der Waals surface area contributed by atoms with Crippen LogP contribution in [-0.4, -0.2) is 134 Å². The topological polar surface area (TPSA) is 168 Å². The molecule has 2 aliphatic rings. The second-order valence-electron chi connectivity index (χ2n) is 11.3. The third-order valence-corrected chi connectivity index (χ3v) is 8.73. The van der Waals surface area contributed by atoms with E-state index in [4.69, 9.17) is 4.74 Å². The van der Waals surface area contributed by atoms with Crippen molar-refractivity contribution in [2.45, 2.75) is 17.6 Å². The number of nitrogens with one attached hydrogen (secondary N) is 2. The summed E-state index contributed by atoms with van der Waals surface area (Å²) < 4.78 is 72.2. The molecule has 254 valence electrons. The number of carbonyl (C=O) groups excluding carboxylic acids is 2. The fourth-order valence-corrected chi connectivity index (χ4v) is 5.65. The van der Waals surface area contributed by atoms with Gasteiger partial charge in [0.05, 0.1) is 42.0 Å². The van der Waals surface area contributed by atoms with Crippen LogP contribution in [0.15, 0.2) is 35.5 Å². The van der Waals surface area contributed by atoms with Gasteiger partial charge in [-0.05, 0) is 44.3 Å². The van der Waals surface area contributed by atoms with Crippen LogP contribution in [0.2, 0.25) is 0 Å². The van der Waals surface area contributed by atoms with Crippen LogP contribution in [0.5, 0.6) is 0 Å². The van der Waals surface area contributed by atoms with E-state index in [1.807, 2.05) is 11.9 Å². The number of halogens is 3. The molecule has 0 saturated carbocycles. The summed E-state index contributed by atoms with van der Waals surface area (Å²) >= 11 is 0. The van der Waals surface area contributed by atoms with Crippen molar-refractivity contribution >= 4 is 33.0 Å². The number of amides is 2. The van der Waals surface area contributed by atoms with Gasteiger partial charge in [-0.2, -0.15) is 13.2 Å². The summed E-state index contributed by atoms with van der Waals surface area (Å²) in [6.45, 7) is 6.92. The smallest absolute Gasteiger partial charge is 0.379 e. The molecule has 19 heteroatoms. The number of carbonyl (C=O) groups is 2. The number of morpholine rings is 1. The van der Waals surface area contributed by atoms with E-state index in [9.17, 15) is 31.2 Å². The number of rotatable bonds is 10. The zero-order valence-electron chi connectivity index (χ0n) is 25.8. The monoisotopic (exact) mass is 680 g/mol. The molecule has 2 fully saturated rings. The summed E-state index contributed by atoms with van der Waals surface area (Å²) in [6.07, 6.45) is -2.25. The normalized spacial score (nSPS) is 16.7. The number of hydrogen-bond donors (Lipinski definition) is 2. The van der Waals surface area contributed by atoms with E-state index in [0.717, 1.165) is 26.1 Å². The van der Waals surface area contributed by atoms with Crippen molar-refractivity contribution in [3.8, 4) is 5.69 Å². The minimum absolute atomic E-state index is 0.0566. The molecule has 2 saturated heterocycles. The lowest BCUT2D eigenvalue weighted by molar-refractivity contribution is -0.138. The molecule has 15 nitrogen and oxygen atoms in total. The minimum Gasteiger partial charge on any atom is -0.379 e. The number of sulfone groups is 1. The third kappa shape index (κ3) is 8.59. The summed E-state index contributed by atoms with van der Waals surface area (Å²) in [6, 6.07) is 5.16. The molecular formula is C28H35F3N10O5S. The average molecular weight is 681 g/mol. The van der Waals surface area contributed by atoms with Crippen molar-refractivity contribution in [1.29, 1.82) is 0 Å². The van der Waals surface area contributed by atoms with E-state index in [0.29, 0.717) is 69.6 Å². The molecule has 2 aromatic heterocycles. The lowest BCUT2D eigenvalue weighted by Crippen LogP contribution is -2.44. The maximum atomic E-state index is 13.9. The standard InChI is InChI=1S/C28H35F3N10O5S/c1-38-8-10-40(11-9-38)23-5-4-19(41-18-22(34-37-41)26(42)32-6-3-7-39-12-14-46-15-13-39)16-21(23)33-27(43)25-20(28(29,30)31)17-24(35-36-25)47(2,44)45/h4-5,16-18H,3,6-15H2,1-2H3,(H,32,42)(H,33,43). The fourth-order valence-electron chi connectivity index (χ4n) is 5.12. The molecule has 0 aliphatic carbocycles. The predicted octanol–water partition coefficient (Wildman–Crippen LogP) is 0.936. The molecule has 4 heterocycles. The highest BCUT2D eigenvalue weighted by Gasteiger charge is 2.38. The Kier molecular flexibility index (Phi) is 10.4. The molecule has 2 N–H and O–H groups in total. The Labute approximate surface area is 269 Å². The number of aromatic nitrogens is 5. The Morgan fingerprint density at radius 1 is 0.979 bits per heavy atom. The van der Waals surface area contributed by atoms with Gasteiger partial charge in [-0.25, -0.2) is 13.1 Å². The van der Waals surface area contributed by atoms with Crippen LogP contribution in [0.3, 0.4) is 0 Å². The van der Waals surface area contributed by atoms with Crippen molar-refractivity contribution in [1.82, 2.24) is 40.3 Å². The highest BCUT2D eigenvalue weighted by Crippen LogP contribution is 2.34. The van der Waals surface area contributed by atoms with Crippen molar-refractivity contribution in [3.05, 3.63) is 47.4 Å². The van der Waals surface area contributed by atoms with E-state index in [-0.39, 0.29) is 11.4 Å². The second kappa shape index (κ2) is 14.3. The summed E-state index contributed by atoms with van der Waals surface area (Å²) in [5.41, 5.74) is -1.54. The number of alkyl halides is 3. The molecule has 0 bridgehead atoms. The number of benzene rings is 1. The summed E-state index contributed by atoms with van der Waals surface area (Å²) in [4.78, 5) is 32.4. The van der Waals surface area contributed by atoms with Gasteiger partial charge in [0.25, 0.3) is 11.8 Å². The van der Waals surface area contributed by atoms with Gasteiger partial charge < -0.3 is 25.2 Å². The summed E-state index contributed by atoms with van der Waals surface area (Å²) in [5, 5.41) is 19.1. The Morgan fingerprint density at radius 2 is 1.70 bits per heavy atom. The van der Waals surface area contributed by atoms with Crippen LogP contribution in [0, 0.1) is 0 Å². The molecule has 0 spiro atoms. The number of piperazine rings is 1. The van der Waals surface area contributed by atoms with E-state index in [1.54, 1.807) is 12.1 Å². The number of hydrogen-bond acceptors (Lipinski definition) is 12. The van der Waals surface area contributed by atoms with Crippen molar-refractivity contribution in [3.63, 3.8) is 0 Å². The highest BCUT2D eigenvalue weighted by molar-refractivity contribution is 7.90. The van der Waals surface area contributed by atoms with Gasteiger partial charge in [0.1, 0.15) is 0 Å². The van der Waals surface area contributed by atoms with E-state index in [1.165, 1.54) is 16.9 Å². The molecule has 0 radical (unpaired) electrons. The molecule has 1 aromatic carbocycles. The lowest BCUT2D eigenvalue weighted by atomic mass is 10.1. The number of likely N-dealkylation sites (N-methyl/N-ethyl adjacent to an activating group) is 1. The Bertz CT molecular complexity index is 1700.